The van der Waals surface area contributed by atoms with Crippen molar-refractivity contribution in [3.8, 4) is 0 Å². The van der Waals surface area contributed by atoms with E-state index in [1.165, 1.54) is 25.7 Å². The van der Waals surface area contributed by atoms with Crippen molar-refractivity contribution in [1.29, 1.82) is 0 Å². The largest absolute Gasteiger partial charge is 0.463 e. The quantitative estimate of drug-likeness (QED) is 0.312. The number of amides is 1. The highest BCUT2D eigenvalue weighted by Gasteiger charge is 2.13. The first-order valence-corrected chi connectivity index (χ1v) is 6.87. The van der Waals surface area contributed by atoms with Crippen molar-refractivity contribution in [1.82, 2.24) is 5.43 Å². The van der Waals surface area contributed by atoms with E-state index in [0.29, 0.717) is 23.7 Å². The Morgan fingerprint density at radius 2 is 2.11 bits per heavy atom. The topological polar surface area (TPSA) is 77.5 Å². The van der Waals surface area contributed by atoms with Gasteiger partial charge in [-0.2, -0.15) is 0 Å². The molecule has 0 aliphatic heterocycles. The van der Waals surface area contributed by atoms with E-state index in [2.05, 4.69) is 12.3 Å². The summed E-state index contributed by atoms with van der Waals surface area (Å²) in [4.78, 5) is 11.4. The third kappa shape index (κ3) is 5.44. The fourth-order valence-electron chi connectivity index (χ4n) is 1.90. The number of carbonyl (C=O) groups is 1. The summed E-state index contributed by atoms with van der Waals surface area (Å²) >= 11 is 0. The minimum Gasteiger partial charge on any atom is -0.463 e. The van der Waals surface area contributed by atoms with Crippen molar-refractivity contribution < 1.29 is 13.9 Å². The van der Waals surface area contributed by atoms with Gasteiger partial charge in [0.15, 0.2) is 0 Å². The Hall–Kier alpha value is -1.33. The Morgan fingerprint density at radius 3 is 2.79 bits per heavy atom. The highest BCUT2D eigenvalue weighted by atomic mass is 16.5. The summed E-state index contributed by atoms with van der Waals surface area (Å²) in [5.74, 6) is 5.97. The molecular formula is C14H24N2O3. The van der Waals surface area contributed by atoms with E-state index in [4.69, 9.17) is 15.0 Å². The predicted molar refractivity (Wildman–Crippen MR) is 73.5 cm³/mol. The van der Waals surface area contributed by atoms with E-state index >= 15 is 0 Å². The number of carbonyl (C=O) groups excluding carboxylic acids is 1. The molecule has 0 aromatic carbocycles. The van der Waals surface area contributed by atoms with Gasteiger partial charge < -0.3 is 9.15 Å². The highest BCUT2D eigenvalue weighted by molar-refractivity contribution is 5.94. The van der Waals surface area contributed by atoms with Gasteiger partial charge in [-0.3, -0.25) is 10.2 Å². The zero-order valence-corrected chi connectivity index (χ0v) is 11.8. The van der Waals surface area contributed by atoms with Gasteiger partial charge in [0.1, 0.15) is 18.1 Å². The van der Waals surface area contributed by atoms with Crippen molar-refractivity contribution in [2.45, 2.75) is 52.6 Å². The molecule has 0 saturated carbocycles. The fourth-order valence-corrected chi connectivity index (χ4v) is 1.90. The van der Waals surface area contributed by atoms with Gasteiger partial charge in [-0.05, 0) is 19.4 Å². The summed E-state index contributed by atoms with van der Waals surface area (Å²) in [6.45, 7) is 5.05. The van der Waals surface area contributed by atoms with Gasteiger partial charge in [-0.25, -0.2) is 5.84 Å². The van der Waals surface area contributed by atoms with Crippen molar-refractivity contribution in [3.63, 3.8) is 0 Å². The molecule has 1 aromatic rings. The van der Waals surface area contributed by atoms with Crippen molar-refractivity contribution >= 4 is 5.91 Å². The molecule has 0 atom stereocenters. The summed E-state index contributed by atoms with van der Waals surface area (Å²) in [6.07, 6.45) is 6.07. The lowest BCUT2D eigenvalue weighted by atomic mass is 10.2. The number of hydrogen-bond acceptors (Lipinski definition) is 4. The highest BCUT2D eigenvalue weighted by Crippen LogP contribution is 2.15. The Labute approximate surface area is 114 Å². The van der Waals surface area contributed by atoms with Crippen LogP contribution in [0.4, 0.5) is 0 Å². The zero-order chi connectivity index (χ0) is 14.1. The molecule has 0 aliphatic rings. The first-order valence-electron chi connectivity index (χ1n) is 6.87. The summed E-state index contributed by atoms with van der Waals surface area (Å²) < 4.78 is 11.0. The molecule has 19 heavy (non-hydrogen) atoms. The molecule has 0 radical (unpaired) electrons. The lowest BCUT2D eigenvalue weighted by Gasteiger charge is -2.01. The average Bonchev–Trinajstić information content (AvgIpc) is 2.78. The molecule has 5 nitrogen and oxygen atoms in total. The van der Waals surface area contributed by atoms with Crippen LogP contribution in [-0.2, 0) is 11.3 Å². The lowest BCUT2D eigenvalue weighted by molar-refractivity contribution is 0.0952. The second-order valence-electron chi connectivity index (χ2n) is 4.62. The van der Waals surface area contributed by atoms with E-state index in [1.54, 1.807) is 13.0 Å². The Morgan fingerprint density at radius 1 is 1.37 bits per heavy atom. The molecule has 5 heteroatoms. The van der Waals surface area contributed by atoms with Crippen LogP contribution >= 0.6 is 0 Å². The molecule has 0 fully saturated rings. The number of aryl methyl sites for hydroxylation is 1. The van der Waals surface area contributed by atoms with E-state index in [9.17, 15) is 4.79 Å². The third-order valence-electron chi connectivity index (χ3n) is 2.98. The van der Waals surface area contributed by atoms with Crippen LogP contribution in [0.5, 0.6) is 0 Å². The number of nitrogens with one attached hydrogen (secondary N) is 1. The number of nitrogen functional groups attached to an aromatic ring is 1. The SMILES string of the molecule is CCCCCCCOCc1cc(C(=O)NN)c(C)o1. The fraction of sp³-hybridized carbons (Fsp3) is 0.643. The van der Waals surface area contributed by atoms with E-state index in [-0.39, 0.29) is 5.91 Å². The third-order valence-corrected chi connectivity index (χ3v) is 2.98. The number of ether oxygens (including phenoxy) is 1. The van der Waals surface area contributed by atoms with Crippen LogP contribution in [0.1, 0.15) is 60.9 Å². The predicted octanol–water partition coefficient (Wildman–Crippen LogP) is 2.68. The van der Waals surface area contributed by atoms with Gasteiger partial charge in [0.05, 0.1) is 5.56 Å². The second kappa shape index (κ2) is 8.72. The summed E-state index contributed by atoms with van der Waals surface area (Å²) in [7, 11) is 0. The van der Waals surface area contributed by atoms with Gasteiger partial charge in [0, 0.05) is 6.61 Å². The molecule has 0 spiro atoms. The molecular weight excluding hydrogens is 244 g/mol. The van der Waals surface area contributed by atoms with Crippen LogP contribution < -0.4 is 11.3 Å². The molecule has 0 bridgehead atoms. The Kier molecular flexibility index (Phi) is 7.22. The number of furan rings is 1. The van der Waals surface area contributed by atoms with Gasteiger partial charge >= 0.3 is 0 Å². The summed E-state index contributed by atoms with van der Waals surface area (Å²) in [5, 5.41) is 0. The molecule has 0 unspecified atom stereocenters. The summed E-state index contributed by atoms with van der Waals surface area (Å²) in [5.41, 5.74) is 2.55. The normalized spacial score (nSPS) is 10.7. The van der Waals surface area contributed by atoms with E-state index in [1.807, 2.05) is 0 Å². The van der Waals surface area contributed by atoms with Crippen LogP contribution in [-0.4, -0.2) is 12.5 Å². The monoisotopic (exact) mass is 268 g/mol. The molecule has 0 saturated heterocycles. The molecule has 1 heterocycles. The zero-order valence-electron chi connectivity index (χ0n) is 11.8. The van der Waals surface area contributed by atoms with Gasteiger partial charge in [0.25, 0.3) is 5.91 Å². The molecule has 1 amide bonds. The minimum absolute atomic E-state index is 0.341. The molecule has 0 aliphatic carbocycles. The molecule has 3 N–H and O–H groups in total. The first-order chi connectivity index (χ1) is 9.19. The maximum Gasteiger partial charge on any atom is 0.268 e. The second-order valence-corrected chi connectivity index (χ2v) is 4.62. The number of hydrogen-bond donors (Lipinski definition) is 2. The number of unbranched alkanes of at least 4 members (excludes halogenated alkanes) is 4. The lowest BCUT2D eigenvalue weighted by Crippen LogP contribution is -2.30. The minimum atomic E-state index is -0.341. The molecule has 1 aromatic heterocycles. The van der Waals surface area contributed by atoms with E-state index in [0.717, 1.165) is 13.0 Å². The van der Waals surface area contributed by atoms with Crippen molar-refractivity contribution in [2.24, 2.45) is 5.84 Å². The van der Waals surface area contributed by atoms with Crippen LogP contribution in [0.2, 0.25) is 0 Å². The number of nitrogens with two attached hydrogens (primary N) is 1. The molecule has 1 rings (SSSR count). The Bertz CT molecular complexity index is 388. The van der Waals surface area contributed by atoms with Crippen molar-refractivity contribution in [3.05, 3.63) is 23.2 Å². The summed E-state index contributed by atoms with van der Waals surface area (Å²) in [6, 6.07) is 1.68. The smallest absolute Gasteiger partial charge is 0.268 e. The number of hydrazine groups is 1. The average molecular weight is 268 g/mol. The van der Waals surface area contributed by atoms with Gasteiger partial charge in [-0.1, -0.05) is 32.6 Å². The maximum absolute atomic E-state index is 11.4. The van der Waals surface area contributed by atoms with Crippen LogP contribution in [0.3, 0.4) is 0 Å². The maximum atomic E-state index is 11.4. The van der Waals surface area contributed by atoms with Crippen molar-refractivity contribution in [2.75, 3.05) is 6.61 Å². The molecule has 108 valence electrons. The van der Waals surface area contributed by atoms with E-state index < -0.39 is 0 Å². The van der Waals surface area contributed by atoms with Crippen LogP contribution in [0, 0.1) is 6.92 Å². The van der Waals surface area contributed by atoms with Gasteiger partial charge in [-0.15, -0.1) is 0 Å². The van der Waals surface area contributed by atoms with Crippen LogP contribution in [0.15, 0.2) is 10.5 Å². The standard InChI is InChI=1S/C14H24N2O3/c1-3-4-5-6-7-8-18-10-12-9-13(11(2)19-12)14(17)16-15/h9H,3-8,10,15H2,1-2H3,(H,16,17). The Balaban J connectivity index is 2.25. The number of rotatable bonds is 9. The first kappa shape index (κ1) is 15.7. The van der Waals surface area contributed by atoms with Crippen LogP contribution in [0.25, 0.3) is 0 Å². The van der Waals surface area contributed by atoms with Gasteiger partial charge in [0.2, 0.25) is 0 Å².